The summed E-state index contributed by atoms with van der Waals surface area (Å²) in [5.41, 5.74) is 7.70. The van der Waals surface area contributed by atoms with Gasteiger partial charge in [-0.3, -0.25) is 5.41 Å². The number of nitrogens with one attached hydrogen (secondary N) is 2. The van der Waals surface area contributed by atoms with Gasteiger partial charge in [-0.2, -0.15) is 0 Å². The molecule has 63 valence electrons. The summed E-state index contributed by atoms with van der Waals surface area (Å²) in [6.45, 7) is 1.22. The summed E-state index contributed by atoms with van der Waals surface area (Å²) in [6.07, 6.45) is 2.12. The fraction of sp³-hybridized carbons (Fsp3) is 0.222. The number of hydrogen-bond acceptors (Lipinski definition) is 2. The molecule has 0 aliphatic heterocycles. The third-order valence-corrected chi connectivity index (χ3v) is 1.64. The number of benzene rings is 1. The Hall–Kier alpha value is -1.35. The lowest BCUT2D eigenvalue weighted by Gasteiger charge is -2.00. The largest absolute Gasteiger partial charge is 0.363 e. The summed E-state index contributed by atoms with van der Waals surface area (Å²) in [4.78, 5) is 0. The normalized spacial score (nSPS) is 9.42. The van der Waals surface area contributed by atoms with Gasteiger partial charge < -0.3 is 11.1 Å². The molecule has 3 heteroatoms. The van der Waals surface area contributed by atoms with Crippen LogP contribution in [0.1, 0.15) is 11.1 Å². The Morgan fingerprint density at radius 1 is 1.25 bits per heavy atom. The Morgan fingerprint density at radius 3 is 2.33 bits per heavy atom. The van der Waals surface area contributed by atoms with Crippen molar-refractivity contribution in [3.8, 4) is 0 Å². The lowest BCUT2D eigenvalue weighted by atomic mass is 10.1. The maximum absolute atomic E-state index is 6.65. The van der Waals surface area contributed by atoms with Crippen molar-refractivity contribution in [3.05, 3.63) is 35.4 Å². The highest BCUT2D eigenvalue weighted by Gasteiger charge is 1.91. The highest BCUT2D eigenvalue weighted by atomic mass is 14.9. The standard InChI is InChI=1S/C9H12N3/c10-5-8-1-3-9(4-2-8)6-12-7-11/h1-4H,5-6,10H2,(H2,11,12). The maximum Gasteiger partial charge on any atom is 0.161 e. The fourth-order valence-corrected chi connectivity index (χ4v) is 0.939. The molecule has 0 aromatic heterocycles. The molecule has 0 aliphatic rings. The first kappa shape index (κ1) is 8.74. The van der Waals surface area contributed by atoms with E-state index in [9.17, 15) is 0 Å². The van der Waals surface area contributed by atoms with Crippen LogP contribution >= 0.6 is 0 Å². The zero-order valence-corrected chi connectivity index (χ0v) is 6.80. The molecule has 1 aromatic rings. The average molecular weight is 162 g/mol. The number of hydrogen-bond donors (Lipinski definition) is 3. The van der Waals surface area contributed by atoms with Gasteiger partial charge in [-0.05, 0) is 11.1 Å². The molecule has 12 heavy (non-hydrogen) atoms. The van der Waals surface area contributed by atoms with Crippen LogP contribution in [0.3, 0.4) is 0 Å². The molecule has 0 atom stereocenters. The van der Waals surface area contributed by atoms with Crippen molar-refractivity contribution in [2.75, 3.05) is 0 Å². The van der Waals surface area contributed by atoms with E-state index in [2.05, 4.69) is 11.7 Å². The molecule has 1 rings (SSSR count). The molecular formula is C9H12N3. The summed E-state index contributed by atoms with van der Waals surface area (Å²) in [6, 6.07) is 7.96. The van der Waals surface area contributed by atoms with Crippen molar-refractivity contribution in [2.45, 2.75) is 13.1 Å². The predicted octanol–water partition coefficient (Wildman–Crippen LogP) is 0.719. The second-order valence-electron chi connectivity index (χ2n) is 2.50. The maximum atomic E-state index is 6.65. The van der Waals surface area contributed by atoms with Crippen LogP contribution in [-0.4, -0.2) is 6.34 Å². The van der Waals surface area contributed by atoms with Crippen LogP contribution in [0.15, 0.2) is 24.3 Å². The first-order valence-corrected chi connectivity index (χ1v) is 3.79. The zero-order valence-electron chi connectivity index (χ0n) is 6.80. The van der Waals surface area contributed by atoms with E-state index in [1.165, 1.54) is 0 Å². The van der Waals surface area contributed by atoms with Crippen molar-refractivity contribution < 1.29 is 0 Å². The molecule has 0 saturated heterocycles. The third-order valence-electron chi connectivity index (χ3n) is 1.64. The van der Waals surface area contributed by atoms with Crippen LogP contribution in [0, 0.1) is 5.41 Å². The topological polar surface area (TPSA) is 61.9 Å². The minimum absolute atomic E-state index is 0.574. The Balaban J connectivity index is 2.58. The Bertz CT molecular complexity index is 240. The summed E-state index contributed by atoms with van der Waals surface area (Å²) in [5, 5.41) is 9.34. The van der Waals surface area contributed by atoms with Gasteiger partial charge in [0.05, 0.1) is 0 Å². The van der Waals surface area contributed by atoms with E-state index >= 15 is 0 Å². The predicted molar refractivity (Wildman–Crippen MR) is 48.9 cm³/mol. The van der Waals surface area contributed by atoms with Gasteiger partial charge in [0.2, 0.25) is 0 Å². The van der Waals surface area contributed by atoms with Crippen LogP contribution in [0.25, 0.3) is 0 Å². The quantitative estimate of drug-likeness (QED) is 0.347. The van der Waals surface area contributed by atoms with Gasteiger partial charge in [-0.25, -0.2) is 0 Å². The van der Waals surface area contributed by atoms with Gasteiger partial charge in [0.15, 0.2) is 6.34 Å². The smallest absolute Gasteiger partial charge is 0.161 e. The summed E-state index contributed by atoms with van der Waals surface area (Å²) >= 11 is 0. The van der Waals surface area contributed by atoms with Gasteiger partial charge in [0, 0.05) is 13.1 Å². The van der Waals surface area contributed by atoms with Crippen molar-refractivity contribution in [1.82, 2.24) is 5.32 Å². The summed E-state index contributed by atoms with van der Waals surface area (Å²) in [5.74, 6) is 0. The average Bonchev–Trinajstić information content (AvgIpc) is 2.15. The van der Waals surface area contributed by atoms with Crippen molar-refractivity contribution in [1.29, 1.82) is 5.41 Å². The lowest BCUT2D eigenvalue weighted by molar-refractivity contribution is 0.925. The highest BCUT2D eigenvalue weighted by Crippen LogP contribution is 2.02. The first-order valence-electron chi connectivity index (χ1n) is 3.79. The Labute approximate surface area is 72.1 Å². The second kappa shape index (κ2) is 4.51. The monoisotopic (exact) mass is 162 g/mol. The van der Waals surface area contributed by atoms with E-state index in [-0.39, 0.29) is 0 Å². The Morgan fingerprint density at radius 2 is 1.83 bits per heavy atom. The fourth-order valence-electron chi connectivity index (χ4n) is 0.939. The highest BCUT2D eigenvalue weighted by molar-refractivity contribution is 5.49. The van der Waals surface area contributed by atoms with Crippen molar-refractivity contribution in [3.63, 3.8) is 0 Å². The molecule has 0 fully saturated rings. The minimum Gasteiger partial charge on any atom is -0.363 e. The third kappa shape index (κ3) is 2.36. The second-order valence-corrected chi connectivity index (χ2v) is 2.50. The van der Waals surface area contributed by atoms with E-state index in [4.69, 9.17) is 11.1 Å². The molecule has 1 radical (unpaired) electrons. The van der Waals surface area contributed by atoms with E-state index in [0.717, 1.165) is 11.1 Å². The van der Waals surface area contributed by atoms with Gasteiger partial charge in [-0.15, -0.1) is 0 Å². The SMILES string of the molecule is N=[C]NCc1ccc(CN)cc1. The van der Waals surface area contributed by atoms with Gasteiger partial charge >= 0.3 is 0 Å². The number of nitrogens with two attached hydrogens (primary N) is 1. The van der Waals surface area contributed by atoms with Crippen LogP contribution in [0.2, 0.25) is 0 Å². The molecule has 1 aromatic carbocycles. The van der Waals surface area contributed by atoms with E-state index in [1.807, 2.05) is 24.3 Å². The van der Waals surface area contributed by atoms with Crippen molar-refractivity contribution in [2.24, 2.45) is 5.73 Å². The minimum atomic E-state index is 0.574. The Kier molecular flexibility index (Phi) is 3.29. The van der Waals surface area contributed by atoms with Crippen LogP contribution in [0.5, 0.6) is 0 Å². The zero-order chi connectivity index (χ0) is 8.81. The lowest BCUT2D eigenvalue weighted by Crippen LogP contribution is -2.09. The summed E-state index contributed by atoms with van der Waals surface area (Å²) in [7, 11) is 0. The first-order chi connectivity index (χ1) is 5.86. The van der Waals surface area contributed by atoms with Crippen LogP contribution in [-0.2, 0) is 13.1 Å². The van der Waals surface area contributed by atoms with E-state index in [1.54, 1.807) is 0 Å². The van der Waals surface area contributed by atoms with E-state index < -0.39 is 0 Å². The van der Waals surface area contributed by atoms with Crippen LogP contribution < -0.4 is 11.1 Å². The molecule has 3 nitrogen and oxygen atoms in total. The summed E-state index contributed by atoms with van der Waals surface area (Å²) < 4.78 is 0. The van der Waals surface area contributed by atoms with Crippen LogP contribution in [0.4, 0.5) is 0 Å². The molecule has 0 unspecified atom stereocenters. The molecule has 0 saturated carbocycles. The van der Waals surface area contributed by atoms with Crippen molar-refractivity contribution >= 4 is 6.34 Å². The molecule has 0 amide bonds. The van der Waals surface area contributed by atoms with Gasteiger partial charge in [0.1, 0.15) is 0 Å². The molecule has 0 heterocycles. The molecular weight excluding hydrogens is 150 g/mol. The van der Waals surface area contributed by atoms with Gasteiger partial charge in [-0.1, -0.05) is 24.3 Å². The molecule has 0 bridgehead atoms. The molecule has 0 aliphatic carbocycles. The molecule has 0 spiro atoms. The number of rotatable bonds is 4. The van der Waals surface area contributed by atoms with E-state index in [0.29, 0.717) is 13.1 Å². The molecule has 4 N–H and O–H groups in total. The van der Waals surface area contributed by atoms with Gasteiger partial charge in [0.25, 0.3) is 0 Å².